The Labute approximate surface area is 152 Å². The lowest BCUT2D eigenvalue weighted by Crippen LogP contribution is -2.58. The summed E-state index contributed by atoms with van der Waals surface area (Å²) in [5.41, 5.74) is 8.52. The molecule has 0 saturated carbocycles. The van der Waals surface area contributed by atoms with Gasteiger partial charge in [0, 0.05) is 18.3 Å². The van der Waals surface area contributed by atoms with Gasteiger partial charge in [-0.05, 0) is 17.4 Å². The van der Waals surface area contributed by atoms with Crippen molar-refractivity contribution in [3.8, 4) is 0 Å². The molecule has 0 aromatic rings. The zero-order valence-electron chi connectivity index (χ0n) is 14.6. The van der Waals surface area contributed by atoms with E-state index in [0.29, 0.717) is 0 Å². The van der Waals surface area contributed by atoms with Crippen molar-refractivity contribution in [3.63, 3.8) is 0 Å². The van der Waals surface area contributed by atoms with Gasteiger partial charge < -0.3 is 19.5 Å². The monoisotopic (exact) mass is 371 g/mol. The Balaban J connectivity index is 2.72. The van der Waals surface area contributed by atoms with Crippen LogP contribution in [0.2, 0.25) is 0 Å². The summed E-state index contributed by atoms with van der Waals surface area (Å²) in [5, 5.41) is 6.45. The van der Waals surface area contributed by atoms with Crippen LogP contribution in [0, 0.1) is 11.8 Å². The van der Waals surface area contributed by atoms with Crippen LogP contribution in [0.3, 0.4) is 0 Å². The van der Waals surface area contributed by atoms with Crippen LogP contribution in [0.4, 0.5) is 0 Å². The molecule has 9 nitrogen and oxygen atoms in total. The SMILES string of the molecule is CC(=O)NC1C(OC/C=C\CC(=O)NS)OC(CN=[N+]=[N-])C(C)C1C. The van der Waals surface area contributed by atoms with Crippen molar-refractivity contribution in [3.05, 3.63) is 22.6 Å². The maximum atomic E-state index is 11.5. The standard InChI is InChI=1S/C15H25N5O4S/c1-9-10(2)14(18-11(3)21)15(24-12(9)8-17-20-16)23-7-5-4-6-13(22)19-25/h4-5,9-10,12,14-15,25H,6-8H2,1-3H3,(H,18,21)(H,19,22)/b5-4-. The number of amides is 2. The molecule has 2 amide bonds. The number of azide groups is 1. The second kappa shape index (κ2) is 11.0. The van der Waals surface area contributed by atoms with Crippen LogP contribution < -0.4 is 10.0 Å². The molecule has 1 rings (SSSR count). The van der Waals surface area contributed by atoms with Crippen LogP contribution in [0.5, 0.6) is 0 Å². The number of carbonyl (C=O) groups excluding carboxylic acids is 2. The number of nitrogens with one attached hydrogen (secondary N) is 2. The van der Waals surface area contributed by atoms with Crippen molar-refractivity contribution in [1.29, 1.82) is 0 Å². The smallest absolute Gasteiger partial charge is 0.233 e. The second-order valence-electron chi connectivity index (χ2n) is 5.94. The van der Waals surface area contributed by atoms with Crippen LogP contribution in [-0.4, -0.2) is 43.4 Å². The van der Waals surface area contributed by atoms with Gasteiger partial charge in [0.2, 0.25) is 11.8 Å². The quantitative estimate of drug-likeness (QED) is 0.197. The summed E-state index contributed by atoms with van der Waals surface area (Å²) in [6, 6.07) is -0.316. The van der Waals surface area contributed by atoms with E-state index in [0.717, 1.165) is 0 Å². The Bertz CT molecular complexity index is 538. The van der Waals surface area contributed by atoms with E-state index in [9.17, 15) is 9.59 Å². The van der Waals surface area contributed by atoms with Crippen LogP contribution in [-0.2, 0) is 19.1 Å². The van der Waals surface area contributed by atoms with Gasteiger partial charge in [-0.1, -0.05) is 43.9 Å². The van der Waals surface area contributed by atoms with Crippen molar-refractivity contribution in [2.75, 3.05) is 13.2 Å². The topological polar surface area (TPSA) is 125 Å². The summed E-state index contributed by atoms with van der Waals surface area (Å²) in [6.45, 7) is 5.85. The fourth-order valence-corrected chi connectivity index (χ4v) is 2.74. The van der Waals surface area contributed by atoms with E-state index in [1.165, 1.54) is 6.92 Å². The fraction of sp³-hybridized carbons (Fsp3) is 0.733. The molecule has 10 heteroatoms. The molecular weight excluding hydrogens is 346 g/mol. The maximum absolute atomic E-state index is 11.5. The molecular formula is C15H25N5O4S. The highest BCUT2D eigenvalue weighted by Gasteiger charge is 2.42. The van der Waals surface area contributed by atoms with E-state index >= 15 is 0 Å². The van der Waals surface area contributed by atoms with Gasteiger partial charge in [-0.15, -0.1) is 0 Å². The van der Waals surface area contributed by atoms with Gasteiger partial charge in [0.1, 0.15) is 0 Å². The largest absolute Gasteiger partial charge is 0.348 e. The minimum Gasteiger partial charge on any atom is -0.348 e. The van der Waals surface area contributed by atoms with Crippen LogP contribution >= 0.6 is 12.8 Å². The maximum Gasteiger partial charge on any atom is 0.233 e. The van der Waals surface area contributed by atoms with Crippen LogP contribution in [0.15, 0.2) is 17.3 Å². The zero-order chi connectivity index (χ0) is 18.8. The van der Waals surface area contributed by atoms with E-state index in [1.54, 1.807) is 12.2 Å². The van der Waals surface area contributed by atoms with E-state index in [2.05, 4.69) is 32.9 Å². The predicted octanol–water partition coefficient (Wildman–Crippen LogP) is 1.72. The highest BCUT2D eigenvalue weighted by molar-refractivity contribution is 7.78. The van der Waals surface area contributed by atoms with E-state index in [4.69, 9.17) is 15.0 Å². The van der Waals surface area contributed by atoms with Gasteiger partial charge in [-0.2, -0.15) is 0 Å². The molecule has 1 aliphatic rings. The number of carbonyl (C=O) groups is 2. The number of nitrogens with zero attached hydrogens (tertiary/aromatic N) is 3. The van der Waals surface area contributed by atoms with Crippen molar-refractivity contribution < 1.29 is 19.1 Å². The zero-order valence-corrected chi connectivity index (χ0v) is 15.5. The molecule has 140 valence electrons. The van der Waals surface area contributed by atoms with Crippen molar-refractivity contribution in [1.82, 2.24) is 10.0 Å². The Kier molecular flexibility index (Phi) is 9.36. The number of rotatable bonds is 8. The summed E-state index contributed by atoms with van der Waals surface area (Å²) >= 11 is 3.66. The molecule has 0 aromatic carbocycles. The van der Waals surface area contributed by atoms with Crippen molar-refractivity contribution >= 4 is 24.6 Å². The molecule has 0 bridgehead atoms. The average molecular weight is 371 g/mol. The lowest BCUT2D eigenvalue weighted by atomic mass is 9.82. The molecule has 1 heterocycles. The van der Waals surface area contributed by atoms with E-state index < -0.39 is 6.29 Å². The number of hydrogen-bond acceptors (Lipinski definition) is 6. The summed E-state index contributed by atoms with van der Waals surface area (Å²) in [4.78, 5) is 25.3. The van der Waals surface area contributed by atoms with Gasteiger partial charge >= 0.3 is 0 Å². The summed E-state index contributed by atoms with van der Waals surface area (Å²) in [7, 11) is 0. The van der Waals surface area contributed by atoms with Gasteiger partial charge in [0.15, 0.2) is 6.29 Å². The lowest BCUT2D eigenvalue weighted by molar-refractivity contribution is -0.228. The Morgan fingerprint density at radius 2 is 2.08 bits per heavy atom. The van der Waals surface area contributed by atoms with Gasteiger partial charge in [-0.25, -0.2) is 0 Å². The molecule has 1 saturated heterocycles. The Hall–Kier alpha value is -1.74. The first kappa shape index (κ1) is 21.3. The second-order valence-corrected chi connectivity index (χ2v) is 6.17. The molecule has 5 unspecified atom stereocenters. The molecule has 1 aliphatic heterocycles. The number of thiol groups is 1. The third-order valence-corrected chi connectivity index (χ3v) is 4.48. The Morgan fingerprint density at radius 3 is 2.68 bits per heavy atom. The molecule has 0 spiro atoms. The fourth-order valence-electron chi connectivity index (χ4n) is 2.65. The average Bonchev–Trinajstić information content (AvgIpc) is 2.58. The summed E-state index contributed by atoms with van der Waals surface area (Å²) in [5.74, 6) is -0.241. The van der Waals surface area contributed by atoms with Gasteiger partial charge in [0.05, 0.1) is 25.3 Å². The minimum absolute atomic E-state index is 0.0699. The van der Waals surface area contributed by atoms with E-state index in [-0.39, 0.29) is 55.4 Å². The first-order chi connectivity index (χ1) is 11.9. The molecule has 0 radical (unpaired) electrons. The predicted molar refractivity (Wildman–Crippen MR) is 95.4 cm³/mol. The van der Waals surface area contributed by atoms with Gasteiger partial charge in [0.25, 0.3) is 0 Å². The first-order valence-corrected chi connectivity index (χ1v) is 8.48. The third kappa shape index (κ3) is 6.95. The minimum atomic E-state index is -0.669. The lowest BCUT2D eigenvalue weighted by Gasteiger charge is -2.44. The normalized spacial score (nSPS) is 29.0. The highest BCUT2D eigenvalue weighted by atomic mass is 32.1. The molecule has 0 aromatic heterocycles. The molecule has 25 heavy (non-hydrogen) atoms. The van der Waals surface area contributed by atoms with E-state index in [1.807, 2.05) is 13.8 Å². The van der Waals surface area contributed by atoms with Crippen LogP contribution in [0.1, 0.15) is 27.2 Å². The molecule has 0 aliphatic carbocycles. The third-order valence-electron chi connectivity index (χ3n) is 4.23. The summed E-state index contributed by atoms with van der Waals surface area (Å²) < 4.78 is 13.9. The highest BCUT2D eigenvalue weighted by Crippen LogP contribution is 2.31. The number of ether oxygens (including phenoxy) is 2. The van der Waals surface area contributed by atoms with Crippen molar-refractivity contribution in [2.45, 2.75) is 45.6 Å². The number of hydrogen-bond donors (Lipinski definition) is 3. The van der Waals surface area contributed by atoms with Gasteiger partial charge in [-0.3, -0.25) is 9.59 Å². The molecule has 2 N–H and O–H groups in total. The Morgan fingerprint density at radius 1 is 1.36 bits per heavy atom. The molecule has 1 fully saturated rings. The first-order valence-electron chi connectivity index (χ1n) is 8.03. The van der Waals surface area contributed by atoms with Crippen molar-refractivity contribution in [2.24, 2.45) is 17.0 Å². The summed E-state index contributed by atoms with van der Waals surface area (Å²) in [6.07, 6.45) is 2.59. The van der Waals surface area contributed by atoms with Crippen LogP contribution in [0.25, 0.3) is 10.4 Å². The molecule has 5 atom stereocenters.